The number of amides is 2. The minimum Gasteiger partial charge on any atom is -0.391 e. The highest BCUT2D eigenvalue weighted by atomic mass is 32.1. The van der Waals surface area contributed by atoms with E-state index in [4.69, 9.17) is 5.73 Å². The molecule has 0 unspecified atom stereocenters. The number of carbonyl (C=O) groups is 2. The lowest BCUT2D eigenvalue weighted by Crippen LogP contribution is -2.51. The van der Waals surface area contributed by atoms with Gasteiger partial charge < -0.3 is 15.7 Å². The van der Waals surface area contributed by atoms with Crippen LogP contribution in [0.15, 0.2) is 11.4 Å². The Balaban J connectivity index is 1.88. The monoisotopic (exact) mass is 339 g/mol. The smallest absolute Gasteiger partial charge is 0.264 e. The molecule has 0 aliphatic carbocycles. The minimum absolute atomic E-state index is 0.0569. The first-order valence-electron chi connectivity index (χ1n) is 7.76. The van der Waals surface area contributed by atoms with Gasteiger partial charge in [0.2, 0.25) is 5.91 Å². The van der Waals surface area contributed by atoms with Gasteiger partial charge in [-0.15, -0.1) is 11.3 Å². The van der Waals surface area contributed by atoms with Crippen molar-refractivity contribution in [3.63, 3.8) is 0 Å². The molecule has 1 aliphatic heterocycles. The number of primary amides is 1. The third-order valence-electron chi connectivity index (χ3n) is 4.19. The van der Waals surface area contributed by atoms with Crippen molar-refractivity contribution in [2.24, 2.45) is 11.1 Å². The lowest BCUT2D eigenvalue weighted by molar-refractivity contribution is 0.0137. The zero-order valence-corrected chi connectivity index (χ0v) is 14.7. The molecule has 0 saturated carbocycles. The summed E-state index contributed by atoms with van der Waals surface area (Å²) in [7, 11) is 0. The minimum atomic E-state index is -0.513. The number of hydrogen-bond acceptors (Lipinski definition) is 5. The average molecular weight is 339 g/mol. The Hall–Kier alpha value is -1.44. The van der Waals surface area contributed by atoms with Crippen LogP contribution in [-0.2, 0) is 0 Å². The summed E-state index contributed by atoms with van der Waals surface area (Å²) in [6.45, 7) is 9.41. The molecule has 2 amide bonds. The molecule has 128 valence electrons. The van der Waals surface area contributed by atoms with E-state index in [9.17, 15) is 14.7 Å². The number of β-amino-alcohol motifs (C(OH)–C–C–N with tert-alkyl or cyclic N) is 1. The summed E-state index contributed by atoms with van der Waals surface area (Å²) >= 11 is 1.25. The molecule has 23 heavy (non-hydrogen) atoms. The highest BCUT2D eigenvalue weighted by molar-refractivity contribution is 7.12. The predicted molar refractivity (Wildman–Crippen MR) is 90.6 cm³/mol. The highest BCUT2D eigenvalue weighted by Gasteiger charge is 2.28. The third kappa shape index (κ3) is 4.53. The predicted octanol–water partition coefficient (Wildman–Crippen LogP) is 1.01. The zero-order valence-electron chi connectivity index (χ0n) is 13.9. The van der Waals surface area contributed by atoms with Gasteiger partial charge in [-0.1, -0.05) is 20.8 Å². The molecular formula is C16H25N3O3S. The summed E-state index contributed by atoms with van der Waals surface area (Å²) in [5, 5.41) is 11.8. The number of piperazine rings is 1. The molecule has 1 aliphatic rings. The first-order valence-corrected chi connectivity index (χ1v) is 8.64. The normalized spacial score (nSPS) is 18.0. The van der Waals surface area contributed by atoms with E-state index in [0.29, 0.717) is 30.1 Å². The van der Waals surface area contributed by atoms with Crippen molar-refractivity contribution in [3.05, 3.63) is 21.9 Å². The van der Waals surface area contributed by atoms with E-state index in [1.807, 2.05) is 20.8 Å². The number of rotatable bonds is 4. The van der Waals surface area contributed by atoms with Crippen molar-refractivity contribution in [3.8, 4) is 0 Å². The Morgan fingerprint density at radius 1 is 1.30 bits per heavy atom. The van der Waals surface area contributed by atoms with E-state index in [1.165, 1.54) is 11.3 Å². The summed E-state index contributed by atoms with van der Waals surface area (Å²) in [4.78, 5) is 28.1. The molecular weight excluding hydrogens is 314 g/mol. The van der Waals surface area contributed by atoms with Crippen LogP contribution in [0.4, 0.5) is 0 Å². The Bertz CT molecular complexity index is 571. The second kappa shape index (κ2) is 6.98. The maximum absolute atomic E-state index is 12.4. The molecule has 2 heterocycles. The van der Waals surface area contributed by atoms with Gasteiger partial charge in [0.05, 0.1) is 16.5 Å². The number of aliphatic hydroxyl groups excluding tert-OH is 1. The third-order valence-corrected chi connectivity index (χ3v) is 5.10. The summed E-state index contributed by atoms with van der Waals surface area (Å²) in [5.41, 5.74) is 5.45. The molecule has 1 fully saturated rings. The van der Waals surface area contributed by atoms with E-state index in [2.05, 4.69) is 4.90 Å². The van der Waals surface area contributed by atoms with Gasteiger partial charge in [0.1, 0.15) is 0 Å². The Morgan fingerprint density at radius 2 is 1.91 bits per heavy atom. The van der Waals surface area contributed by atoms with Crippen LogP contribution < -0.4 is 5.73 Å². The largest absolute Gasteiger partial charge is 0.391 e. The SMILES string of the molecule is CC(C)(C)[C@@H](O)CN1CCN(C(=O)c2cc(C(N)=O)cs2)CC1. The fraction of sp³-hybridized carbons (Fsp3) is 0.625. The van der Waals surface area contributed by atoms with Crippen molar-refractivity contribution in [1.82, 2.24) is 9.80 Å². The van der Waals surface area contributed by atoms with Crippen LogP contribution in [-0.4, -0.2) is 65.5 Å². The molecule has 1 aromatic rings. The van der Waals surface area contributed by atoms with Crippen LogP contribution in [0.5, 0.6) is 0 Å². The Morgan fingerprint density at radius 3 is 2.39 bits per heavy atom. The number of thiophene rings is 1. The van der Waals surface area contributed by atoms with Crippen LogP contribution in [0.1, 0.15) is 40.8 Å². The van der Waals surface area contributed by atoms with Crippen molar-refractivity contribution < 1.29 is 14.7 Å². The average Bonchev–Trinajstić information content (AvgIpc) is 2.96. The number of nitrogens with zero attached hydrogens (tertiary/aromatic N) is 2. The van der Waals surface area contributed by atoms with Gasteiger partial charge in [-0.3, -0.25) is 14.5 Å². The van der Waals surface area contributed by atoms with Gasteiger partial charge in [0.15, 0.2) is 0 Å². The maximum Gasteiger partial charge on any atom is 0.264 e. The molecule has 0 radical (unpaired) electrons. The van der Waals surface area contributed by atoms with E-state index >= 15 is 0 Å². The molecule has 1 saturated heterocycles. The van der Waals surface area contributed by atoms with Gasteiger partial charge in [-0.05, 0) is 11.5 Å². The van der Waals surface area contributed by atoms with Gasteiger partial charge in [0, 0.05) is 38.1 Å². The van der Waals surface area contributed by atoms with Gasteiger partial charge >= 0.3 is 0 Å². The topological polar surface area (TPSA) is 86.9 Å². The summed E-state index contributed by atoms with van der Waals surface area (Å²) in [5.74, 6) is -0.570. The van der Waals surface area contributed by atoms with Crippen LogP contribution in [0.25, 0.3) is 0 Å². The Labute approximate surface area is 140 Å². The molecule has 3 N–H and O–H groups in total. The molecule has 1 aromatic heterocycles. The van der Waals surface area contributed by atoms with Crippen LogP contribution >= 0.6 is 11.3 Å². The lowest BCUT2D eigenvalue weighted by Gasteiger charge is -2.37. The fourth-order valence-corrected chi connectivity index (χ4v) is 3.25. The standard InChI is InChI=1S/C16H25N3O3S/c1-16(2,3)13(20)9-18-4-6-19(7-5-18)15(22)12-8-11(10-23-12)14(17)21/h8,10,13,20H,4-7,9H2,1-3H3,(H2,17,21)/t13-/m0/s1. The molecule has 0 aromatic carbocycles. The first-order chi connectivity index (χ1) is 10.7. The number of nitrogens with two attached hydrogens (primary N) is 1. The Kier molecular flexibility index (Phi) is 5.44. The molecule has 6 nitrogen and oxygen atoms in total. The van der Waals surface area contributed by atoms with Crippen molar-refractivity contribution >= 4 is 23.2 Å². The second-order valence-corrected chi connectivity index (χ2v) is 7.95. The van der Waals surface area contributed by atoms with E-state index in [1.54, 1.807) is 16.3 Å². The summed E-state index contributed by atoms with van der Waals surface area (Å²) in [6.07, 6.45) is -0.389. The van der Waals surface area contributed by atoms with Gasteiger partial charge in [-0.2, -0.15) is 0 Å². The van der Waals surface area contributed by atoms with Gasteiger partial charge in [0.25, 0.3) is 5.91 Å². The van der Waals surface area contributed by atoms with Crippen LogP contribution in [0, 0.1) is 5.41 Å². The van der Waals surface area contributed by atoms with E-state index < -0.39 is 5.91 Å². The molecule has 2 rings (SSSR count). The fourth-order valence-electron chi connectivity index (χ4n) is 2.39. The maximum atomic E-state index is 12.4. The second-order valence-electron chi connectivity index (χ2n) is 7.04. The van der Waals surface area contributed by atoms with Crippen LogP contribution in [0.3, 0.4) is 0 Å². The van der Waals surface area contributed by atoms with E-state index in [0.717, 1.165) is 13.1 Å². The molecule has 0 bridgehead atoms. The highest BCUT2D eigenvalue weighted by Crippen LogP contribution is 2.21. The number of aliphatic hydroxyl groups is 1. The number of hydrogen-bond donors (Lipinski definition) is 2. The molecule has 0 spiro atoms. The number of carbonyl (C=O) groups excluding carboxylic acids is 2. The zero-order chi connectivity index (χ0) is 17.2. The van der Waals surface area contributed by atoms with E-state index in [-0.39, 0.29) is 17.4 Å². The molecule has 1 atom stereocenters. The summed E-state index contributed by atoms with van der Waals surface area (Å²) in [6, 6.07) is 1.56. The van der Waals surface area contributed by atoms with Gasteiger partial charge in [-0.25, -0.2) is 0 Å². The quantitative estimate of drug-likeness (QED) is 0.857. The summed E-state index contributed by atoms with van der Waals surface area (Å²) < 4.78 is 0. The molecule has 7 heteroatoms. The van der Waals surface area contributed by atoms with Crippen molar-refractivity contribution in [2.75, 3.05) is 32.7 Å². The van der Waals surface area contributed by atoms with Crippen molar-refractivity contribution in [2.45, 2.75) is 26.9 Å². The lowest BCUT2D eigenvalue weighted by atomic mass is 9.89. The first kappa shape index (κ1) is 17.9. The van der Waals surface area contributed by atoms with Crippen molar-refractivity contribution in [1.29, 1.82) is 0 Å². The van der Waals surface area contributed by atoms with Crippen LogP contribution in [0.2, 0.25) is 0 Å².